The van der Waals surface area contributed by atoms with Crippen LogP contribution in [-0.4, -0.2) is 49.0 Å². The van der Waals surface area contributed by atoms with Crippen molar-refractivity contribution < 1.29 is 14.3 Å². The molecule has 6 heteroatoms. The topological polar surface area (TPSA) is 70.7 Å². The summed E-state index contributed by atoms with van der Waals surface area (Å²) in [4.78, 5) is 25.9. The zero-order valence-electron chi connectivity index (χ0n) is 14.5. The maximum atomic E-state index is 12.2. The van der Waals surface area contributed by atoms with Gasteiger partial charge in [-0.2, -0.15) is 0 Å². The summed E-state index contributed by atoms with van der Waals surface area (Å²) < 4.78 is 5.56. The molecule has 1 heterocycles. The maximum Gasteiger partial charge on any atom is 0.260 e. The van der Waals surface area contributed by atoms with Gasteiger partial charge in [0.15, 0.2) is 6.61 Å². The van der Waals surface area contributed by atoms with Gasteiger partial charge in [0.2, 0.25) is 5.91 Å². The van der Waals surface area contributed by atoms with E-state index in [0.29, 0.717) is 24.5 Å². The van der Waals surface area contributed by atoms with Gasteiger partial charge in [0.25, 0.3) is 5.91 Å². The molecule has 2 rings (SSSR count). The molecular formula is C18H27N3O3. The zero-order chi connectivity index (χ0) is 17.4. The molecule has 1 atom stereocenters. The van der Waals surface area contributed by atoms with Crippen molar-refractivity contribution in [2.45, 2.75) is 39.2 Å². The van der Waals surface area contributed by atoms with Gasteiger partial charge in [-0.3, -0.25) is 9.59 Å². The Kier molecular flexibility index (Phi) is 7.06. The van der Waals surface area contributed by atoms with Gasteiger partial charge in [0.05, 0.1) is 6.04 Å². The fraction of sp³-hybridized carbons (Fsp3) is 0.556. The van der Waals surface area contributed by atoms with Crippen LogP contribution in [0.2, 0.25) is 0 Å². The summed E-state index contributed by atoms with van der Waals surface area (Å²) in [6.45, 7) is 6.11. The monoisotopic (exact) mass is 333 g/mol. The summed E-state index contributed by atoms with van der Waals surface area (Å²) >= 11 is 0. The van der Waals surface area contributed by atoms with Crippen LogP contribution in [0.5, 0.6) is 5.75 Å². The third-order valence-corrected chi connectivity index (χ3v) is 4.21. The number of nitrogens with one attached hydrogen (secondary N) is 2. The summed E-state index contributed by atoms with van der Waals surface area (Å²) in [6.07, 6.45) is 3.05. The van der Waals surface area contributed by atoms with Gasteiger partial charge in [0.1, 0.15) is 5.75 Å². The molecule has 0 radical (unpaired) electrons. The van der Waals surface area contributed by atoms with E-state index < -0.39 is 0 Å². The third kappa shape index (κ3) is 5.23. The van der Waals surface area contributed by atoms with Crippen molar-refractivity contribution in [1.29, 1.82) is 0 Å². The molecule has 132 valence electrons. The Bertz CT molecular complexity index is 552. The van der Waals surface area contributed by atoms with Crippen LogP contribution in [0.25, 0.3) is 0 Å². The standard InChI is InChI=1S/C18H27N3O3/c1-3-21(4-2)17(22)13-24-15-9-7-8-14(12-15)20-18(23)16-10-5-6-11-19-16/h7-9,12,16,19H,3-6,10-11,13H2,1-2H3,(H,20,23). The molecule has 0 aliphatic carbocycles. The van der Waals surface area contributed by atoms with Crippen molar-refractivity contribution in [3.63, 3.8) is 0 Å². The van der Waals surface area contributed by atoms with Gasteiger partial charge in [0, 0.05) is 24.8 Å². The quantitative estimate of drug-likeness (QED) is 0.801. The Morgan fingerprint density at radius 1 is 1.29 bits per heavy atom. The lowest BCUT2D eigenvalue weighted by Crippen LogP contribution is -2.43. The first-order valence-electron chi connectivity index (χ1n) is 8.69. The van der Waals surface area contributed by atoms with Crippen LogP contribution in [0.1, 0.15) is 33.1 Å². The minimum absolute atomic E-state index is 0.00323. The molecule has 2 amide bonds. The molecular weight excluding hydrogens is 306 g/mol. The third-order valence-electron chi connectivity index (χ3n) is 4.21. The van der Waals surface area contributed by atoms with Crippen molar-refractivity contribution in [3.8, 4) is 5.75 Å². The lowest BCUT2D eigenvalue weighted by atomic mass is 10.0. The molecule has 0 spiro atoms. The van der Waals surface area contributed by atoms with E-state index in [-0.39, 0.29) is 24.5 Å². The molecule has 24 heavy (non-hydrogen) atoms. The zero-order valence-corrected chi connectivity index (χ0v) is 14.5. The van der Waals surface area contributed by atoms with Gasteiger partial charge >= 0.3 is 0 Å². The van der Waals surface area contributed by atoms with Crippen LogP contribution < -0.4 is 15.4 Å². The fourth-order valence-corrected chi connectivity index (χ4v) is 2.78. The molecule has 0 bridgehead atoms. The van der Waals surface area contributed by atoms with E-state index in [2.05, 4.69) is 10.6 Å². The molecule has 0 aromatic heterocycles. The van der Waals surface area contributed by atoms with E-state index in [4.69, 9.17) is 4.74 Å². The molecule has 1 fully saturated rings. The first-order chi connectivity index (χ1) is 11.6. The number of rotatable bonds is 7. The predicted molar refractivity (Wildman–Crippen MR) is 94.1 cm³/mol. The van der Waals surface area contributed by atoms with Gasteiger partial charge in [-0.15, -0.1) is 0 Å². The predicted octanol–water partition coefficient (Wildman–Crippen LogP) is 2.01. The molecule has 1 aliphatic heterocycles. The highest BCUT2D eigenvalue weighted by molar-refractivity contribution is 5.95. The second kappa shape index (κ2) is 9.27. The number of ether oxygens (including phenoxy) is 1. The Balaban J connectivity index is 1.88. The van der Waals surface area contributed by atoms with Crippen LogP contribution in [0.15, 0.2) is 24.3 Å². The fourth-order valence-electron chi connectivity index (χ4n) is 2.78. The average molecular weight is 333 g/mol. The van der Waals surface area contributed by atoms with Crippen molar-refractivity contribution >= 4 is 17.5 Å². The number of hydrogen-bond acceptors (Lipinski definition) is 4. The number of amides is 2. The molecule has 1 unspecified atom stereocenters. The number of carbonyl (C=O) groups excluding carboxylic acids is 2. The van der Waals surface area contributed by atoms with Crippen molar-refractivity contribution in [1.82, 2.24) is 10.2 Å². The second-order valence-electron chi connectivity index (χ2n) is 5.87. The summed E-state index contributed by atoms with van der Waals surface area (Å²) in [5.74, 6) is 0.511. The number of nitrogens with zero attached hydrogens (tertiary/aromatic N) is 1. The van der Waals surface area contributed by atoms with E-state index in [0.717, 1.165) is 25.8 Å². The Labute approximate surface area is 143 Å². The van der Waals surface area contributed by atoms with E-state index in [1.807, 2.05) is 19.9 Å². The smallest absolute Gasteiger partial charge is 0.260 e. The first-order valence-corrected chi connectivity index (χ1v) is 8.69. The first kappa shape index (κ1) is 18.3. The minimum Gasteiger partial charge on any atom is -0.484 e. The van der Waals surface area contributed by atoms with Crippen molar-refractivity contribution in [2.24, 2.45) is 0 Å². The molecule has 1 aliphatic rings. The molecule has 0 saturated carbocycles. The summed E-state index contributed by atoms with van der Waals surface area (Å²) in [5.41, 5.74) is 0.681. The molecule has 2 N–H and O–H groups in total. The summed E-state index contributed by atoms with van der Waals surface area (Å²) in [6, 6.07) is 7.02. The highest BCUT2D eigenvalue weighted by atomic mass is 16.5. The second-order valence-corrected chi connectivity index (χ2v) is 5.87. The largest absolute Gasteiger partial charge is 0.484 e. The number of carbonyl (C=O) groups is 2. The van der Waals surface area contributed by atoms with Crippen LogP contribution in [0, 0.1) is 0 Å². The summed E-state index contributed by atoms with van der Waals surface area (Å²) in [5, 5.41) is 6.13. The number of likely N-dealkylation sites (N-methyl/N-ethyl adjacent to an activating group) is 1. The maximum absolute atomic E-state index is 12.2. The lowest BCUT2D eigenvalue weighted by Gasteiger charge is -2.22. The Morgan fingerprint density at radius 2 is 2.08 bits per heavy atom. The highest BCUT2D eigenvalue weighted by Gasteiger charge is 2.20. The molecule has 1 saturated heterocycles. The average Bonchev–Trinajstić information content (AvgIpc) is 2.62. The highest BCUT2D eigenvalue weighted by Crippen LogP contribution is 2.18. The molecule has 1 aromatic carbocycles. The number of anilines is 1. The Hall–Kier alpha value is -2.08. The Morgan fingerprint density at radius 3 is 2.75 bits per heavy atom. The minimum atomic E-state index is -0.132. The normalized spacial score (nSPS) is 17.2. The van der Waals surface area contributed by atoms with Crippen LogP contribution in [0.3, 0.4) is 0 Å². The molecule has 6 nitrogen and oxygen atoms in total. The van der Waals surface area contributed by atoms with Crippen LogP contribution >= 0.6 is 0 Å². The van der Waals surface area contributed by atoms with E-state index in [1.54, 1.807) is 23.1 Å². The van der Waals surface area contributed by atoms with Gasteiger partial charge in [-0.25, -0.2) is 0 Å². The van der Waals surface area contributed by atoms with Crippen molar-refractivity contribution in [2.75, 3.05) is 31.6 Å². The van der Waals surface area contributed by atoms with E-state index >= 15 is 0 Å². The number of hydrogen-bond donors (Lipinski definition) is 2. The number of piperidine rings is 1. The summed E-state index contributed by atoms with van der Waals surface area (Å²) in [7, 11) is 0. The van der Waals surface area contributed by atoms with Gasteiger partial charge in [-0.1, -0.05) is 12.5 Å². The number of benzene rings is 1. The lowest BCUT2D eigenvalue weighted by molar-refractivity contribution is -0.133. The van der Waals surface area contributed by atoms with Crippen LogP contribution in [-0.2, 0) is 9.59 Å². The van der Waals surface area contributed by atoms with Gasteiger partial charge in [-0.05, 0) is 45.4 Å². The van der Waals surface area contributed by atoms with E-state index in [1.165, 1.54) is 0 Å². The SMILES string of the molecule is CCN(CC)C(=O)COc1cccc(NC(=O)C2CCCCN2)c1. The van der Waals surface area contributed by atoms with E-state index in [9.17, 15) is 9.59 Å². The van der Waals surface area contributed by atoms with Crippen molar-refractivity contribution in [3.05, 3.63) is 24.3 Å². The van der Waals surface area contributed by atoms with Gasteiger partial charge < -0.3 is 20.3 Å². The van der Waals surface area contributed by atoms with Crippen LogP contribution in [0.4, 0.5) is 5.69 Å². The molecule has 1 aromatic rings.